The third kappa shape index (κ3) is 2.69. The molecular weight excluding hydrogens is 391 g/mol. The number of fused-ring (bicyclic) bond motifs is 1. The standard InChI is InChI=1S/C15H11Br2ClO/c16-11-3-1-9(2-4-11)14(17)13-8-12(18)7-10-5-6-19-15(10)13/h1-4,7-8,14H,5-6H2. The molecule has 1 heterocycles. The predicted molar refractivity (Wildman–Crippen MR) is 85.6 cm³/mol. The van der Waals surface area contributed by atoms with Gasteiger partial charge in [0.1, 0.15) is 5.75 Å². The van der Waals surface area contributed by atoms with Crippen LogP contribution in [0.15, 0.2) is 40.9 Å². The van der Waals surface area contributed by atoms with E-state index in [0.717, 1.165) is 33.8 Å². The Bertz CT molecular complexity index is 610. The van der Waals surface area contributed by atoms with Crippen LogP contribution >= 0.6 is 43.5 Å². The van der Waals surface area contributed by atoms with E-state index < -0.39 is 0 Å². The predicted octanol–water partition coefficient (Wildman–Crippen LogP) is 5.52. The van der Waals surface area contributed by atoms with Gasteiger partial charge >= 0.3 is 0 Å². The van der Waals surface area contributed by atoms with Crippen LogP contribution in [0, 0.1) is 0 Å². The molecule has 0 amide bonds. The average molecular weight is 403 g/mol. The van der Waals surface area contributed by atoms with Crippen LogP contribution in [0.5, 0.6) is 5.75 Å². The highest BCUT2D eigenvalue weighted by molar-refractivity contribution is 9.10. The van der Waals surface area contributed by atoms with Crippen LogP contribution in [-0.2, 0) is 6.42 Å². The quantitative estimate of drug-likeness (QED) is 0.601. The van der Waals surface area contributed by atoms with Crippen LogP contribution in [0.25, 0.3) is 0 Å². The summed E-state index contributed by atoms with van der Waals surface area (Å²) in [7, 11) is 0. The summed E-state index contributed by atoms with van der Waals surface area (Å²) in [6, 6.07) is 12.2. The molecule has 2 aromatic carbocycles. The zero-order valence-corrected chi connectivity index (χ0v) is 13.9. The zero-order chi connectivity index (χ0) is 13.4. The van der Waals surface area contributed by atoms with E-state index in [0.29, 0.717) is 0 Å². The van der Waals surface area contributed by atoms with E-state index in [2.05, 4.69) is 44.0 Å². The Morgan fingerprint density at radius 2 is 1.89 bits per heavy atom. The number of halogens is 3. The van der Waals surface area contributed by atoms with Gasteiger partial charge in [0.2, 0.25) is 0 Å². The van der Waals surface area contributed by atoms with E-state index in [4.69, 9.17) is 16.3 Å². The topological polar surface area (TPSA) is 9.23 Å². The summed E-state index contributed by atoms with van der Waals surface area (Å²) in [5.74, 6) is 0.981. The minimum atomic E-state index is 0.0890. The highest BCUT2D eigenvalue weighted by Gasteiger charge is 2.22. The second-order valence-corrected chi connectivity index (χ2v) is 6.76. The van der Waals surface area contributed by atoms with Gasteiger partial charge in [0.15, 0.2) is 0 Å². The van der Waals surface area contributed by atoms with E-state index in [-0.39, 0.29) is 4.83 Å². The fraction of sp³-hybridized carbons (Fsp3) is 0.200. The molecule has 2 aromatic rings. The molecule has 0 aromatic heterocycles. The van der Waals surface area contributed by atoms with Crippen molar-refractivity contribution in [1.29, 1.82) is 0 Å². The number of rotatable bonds is 2. The smallest absolute Gasteiger partial charge is 0.127 e. The van der Waals surface area contributed by atoms with E-state index in [1.54, 1.807) is 0 Å². The third-order valence-electron chi connectivity index (χ3n) is 3.21. The summed E-state index contributed by atoms with van der Waals surface area (Å²) in [5.41, 5.74) is 3.48. The number of hydrogen-bond acceptors (Lipinski definition) is 1. The van der Waals surface area contributed by atoms with Gasteiger partial charge in [0, 0.05) is 21.5 Å². The second-order valence-electron chi connectivity index (χ2n) is 4.50. The van der Waals surface area contributed by atoms with Crippen molar-refractivity contribution in [2.24, 2.45) is 0 Å². The Morgan fingerprint density at radius 1 is 1.16 bits per heavy atom. The van der Waals surface area contributed by atoms with Gasteiger partial charge in [-0.15, -0.1) is 0 Å². The molecule has 0 aliphatic carbocycles. The van der Waals surface area contributed by atoms with Crippen molar-refractivity contribution in [3.63, 3.8) is 0 Å². The van der Waals surface area contributed by atoms with Crippen molar-refractivity contribution < 1.29 is 4.74 Å². The molecular formula is C15H11Br2ClO. The fourth-order valence-electron chi connectivity index (χ4n) is 2.30. The van der Waals surface area contributed by atoms with Crippen molar-refractivity contribution in [2.75, 3.05) is 6.61 Å². The third-order valence-corrected chi connectivity index (χ3v) is 4.98. The number of benzene rings is 2. The number of ether oxygens (including phenoxy) is 1. The Hall–Kier alpha value is -0.510. The number of hydrogen-bond donors (Lipinski definition) is 0. The summed E-state index contributed by atoms with van der Waals surface area (Å²) >= 11 is 13.4. The molecule has 0 saturated carbocycles. The molecule has 98 valence electrons. The highest BCUT2D eigenvalue weighted by atomic mass is 79.9. The lowest BCUT2D eigenvalue weighted by molar-refractivity contribution is 0.354. The van der Waals surface area contributed by atoms with E-state index in [1.807, 2.05) is 24.3 Å². The molecule has 0 fully saturated rings. The molecule has 1 nitrogen and oxygen atoms in total. The van der Waals surface area contributed by atoms with Crippen LogP contribution < -0.4 is 4.74 Å². The van der Waals surface area contributed by atoms with Gasteiger partial charge in [-0.3, -0.25) is 0 Å². The van der Waals surface area contributed by atoms with Crippen LogP contribution in [0.3, 0.4) is 0 Å². The van der Waals surface area contributed by atoms with Crippen LogP contribution in [-0.4, -0.2) is 6.61 Å². The molecule has 1 unspecified atom stereocenters. The molecule has 3 rings (SSSR count). The average Bonchev–Trinajstić information content (AvgIpc) is 2.85. The maximum Gasteiger partial charge on any atom is 0.127 e. The Labute approximate surface area is 134 Å². The normalized spacial score (nSPS) is 14.9. The van der Waals surface area contributed by atoms with Crippen LogP contribution in [0.4, 0.5) is 0 Å². The van der Waals surface area contributed by atoms with Crippen LogP contribution in [0.2, 0.25) is 5.02 Å². The first-order chi connectivity index (χ1) is 9.15. The molecule has 0 bridgehead atoms. The molecule has 1 aliphatic heterocycles. The summed E-state index contributed by atoms with van der Waals surface area (Å²) in [6.07, 6.45) is 0.933. The van der Waals surface area contributed by atoms with Gasteiger partial charge in [-0.25, -0.2) is 0 Å². The molecule has 0 N–H and O–H groups in total. The van der Waals surface area contributed by atoms with Gasteiger partial charge < -0.3 is 4.74 Å². The van der Waals surface area contributed by atoms with E-state index in [9.17, 15) is 0 Å². The van der Waals surface area contributed by atoms with Gasteiger partial charge in [0.25, 0.3) is 0 Å². The minimum Gasteiger partial charge on any atom is -0.493 e. The minimum absolute atomic E-state index is 0.0890. The number of alkyl halides is 1. The Kier molecular flexibility index (Phi) is 3.88. The lowest BCUT2D eigenvalue weighted by Crippen LogP contribution is -1.97. The SMILES string of the molecule is Clc1cc2c(c(C(Br)c3ccc(Br)cc3)c1)OCC2. The summed E-state index contributed by atoms with van der Waals surface area (Å²) in [6.45, 7) is 0.739. The van der Waals surface area contributed by atoms with E-state index >= 15 is 0 Å². The Morgan fingerprint density at radius 3 is 2.63 bits per heavy atom. The first-order valence-corrected chi connectivity index (χ1v) is 8.08. The van der Waals surface area contributed by atoms with Gasteiger partial charge in [-0.05, 0) is 35.4 Å². The summed E-state index contributed by atoms with van der Waals surface area (Å²) in [5, 5.41) is 0.765. The summed E-state index contributed by atoms with van der Waals surface area (Å²) in [4.78, 5) is 0.0890. The maximum absolute atomic E-state index is 6.20. The largest absolute Gasteiger partial charge is 0.493 e. The Balaban J connectivity index is 2.04. The molecule has 0 saturated heterocycles. The molecule has 0 spiro atoms. The van der Waals surface area contributed by atoms with E-state index in [1.165, 1.54) is 11.1 Å². The molecule has 19 heavy (non-hydrogen) atoms. The fourth-order valence-corrected chi connectivity index (χ4v) is 3.46. The maximum atomic E-state index is 6.20. The van der Waals surface area contributed by atoms with Crippen LogP contribution in [0.1, 0.15) is 21.5 Å². The highest BCUT2D eigenvalue weighted by Crippen LogP contribution is 2.42. The molecule has 1 atom stereocenters. The van der Waals surface area contributed by atoms with Crippen molar-refractivity contribution in [3.05, 3.63) is 62.6 Å². The van der Waals surface area contributed by atoms with Gasteiger partial charge in [0.05, 0.1) is 11.4 Å². The van der Waals surface area contributed by atoms with Crippen molar-refractivity contribution in [3.8, 4) is 5.75 Å². The first kappa shape index (κ1) is 13.5. The van der Waals surface area contributed by atoms with Gasteiger partial charge in [-0.1, -0.05) is 55.6 Å². The summed E-state index contributed by atoms with van der Waals surface area (Å²) < 4.78 is 6.83. The van der Waals surface area contributed by atoms with Crippen molar-refractivity contribution in [2.45, 2.75) is 11.2 Å². The lowest BCUT2D eigenvalue weighted by atomic mass is 10.0. The zero-order valence-electron chi connectivity index (χ0n) is 10.00. The molecule has 1 aliphatic rings. The van der Waals surface area contributed by atoms with Crippen molar-refractivity contribution in [1.82, 2.24) is 0 Å². The van der Waals surface area contributed by atoms with Gasteiger partial charge in [-0.2, -0.15) is 0 Å². The lowest BCUT2D eigenvalue weighted by Gasteiger charge is -2.15. The molecule has 4 heteroatoms. The monoisotopic (exact) mass is 400 g/mol. The van der Waals surface area contributed by atoms with Crippen molar-refractivity contribution >= 4 is 43.5 Å². The second kappa shape index (κ2) is 5.47. The molecule has 0 radical (unpaired) electrons. The first-order valence-electron chi connectivity index (χ1n) is 6.00.